The first-order chi connectivity index (χ1) is 15.1. The quantitative estimate of drug-likeness (QED) is 0.369. The first kappa shape index (κ1) is 24.8. The summed E-state index contributed by atoms with van der Waals surface area (Å²) in [6.07, 6.45) is 0.282. The number of nitrogens with zero attached hydrogens (tertiary/aromatic N) is 1. The van der Waals surface area contributed by atoms with Crippen LogP contribution in [-0.2, 0) is 20.7 Å². The van der Waals surface area contributed by atoms with E-state index in [4.69, 9.17) is 4.74 Å². The van der Waals surface area contributed by atoms with Crippen molar-refractivity contribution >= 4 is 23.6 Å². The Bertz CT molecular complexity index is 944. The molecule has 0 aliphatic heterocycles. The third-order valence-electron chi connectivity index (χ3n) is 5.02. The third kappa shape index (κ3) is 6.26. The van der Waals surface area contributed by atoms with Crippen molar-refractivity contribution in [3.8, 4) is 0 Å². The van der Waals surface area contributed by atoms with Crippen LogP contribution in [0.25, 0.3) is 0 Å². The lowest BCUT2D eigenvalue weighted by atomic mass is 10.0. The van der Waals surface area contributed by atoms with E-state index in [-0.39, 0.29) is 29.6 Å². The zero-order valence-corrected chi connectivity index (χ0v) is 19.1. The summed E-state index contributed by atoms with van der Waals surface area (Å²) < 4.78 is 4.82. The summed E-state index contributed by atoms with van der Waals surface area (Å²) in [7, 11) is 1.27. The fraction of sp³-hybridized carbons (Fsp3) is 0.360. The summed E-state index contributed by atoms with van der Waals surface area (Å²) in [4.78, 5) is 51.6. The average Bonchev–Trinajstić information content (AvgIpc) is 2.77. The van der Waals surface area contributed by atoms with E-state index < -0.39 is 29.6 Å². The van der Waals surface area contributed by atoms with Crippen LogP contribution in [0.3, 0.4) is 0 Å². The Hall–Kier alpha value is -3.48. The van der Waals surface area contributed by atoms with Gasteiger partial charge in [-0.1, -0.05) is 42.5 Å². The van der Waals surface area contributed by atoms with E-state index in [9.17, 15) is 19.2 Å². The molecule has 2 aromatic rings. The molecule has 0 saturated heterocycles. The molecule has 0 unspecified atom stereocenters. The number of amides is 2. The van der Waals surface area contributed by atoms with Crippen molar-refractivity contribution in [3.63, 3.8) is 0 Å². The maximum absolute atomic E-state index is 12.7. The van der Waals surface area contributed by atoms with Crippen LogP contribution in [0.1, 0.15) is 54.0 Å². The van der Waals surface area contributed by atoms with E-state index in [1.54, 1.807) is 0 Å². The highest BCUT2D eigenvalue weighted by atomic mass is 16.5. The Kier molecular flexibility index (Phi) is 8.70. The van der Waals surface area contributed by atoms with Crippen molar-refractivity contribution in [2.75, 3.05) is 7.11 Å². The maximum Gasteiger partial charge on any atom is 0.328 e. The summed E-state index contributed by atoms with van der Waals surface area (Å²) in [5.74, 6) is -2.24. The van der Waals surface area contributed by atoms with Crippen molar-refractivity contribution < 1.29 is 23.9 Å². The van der Waals surface area contributed by atoms with Crippen LogP contribution < -0.4 is 5.32 Å². The van der Waals surface area contributed by atoms with Gasteiger partial charge in [-0.25, -0.2) is 4.79 Å². The van der Waals surface area contributed by atoms with Crippen LogP contribution in [0.4, 0.5) is 0 Å². The number of nitrogens with one attached hydrogen (secondary N) is 1. The molecule has 0 fully saturated rings. The Morgan fingerprint density at radius 3 is 1.88 bits per heavy atom. The van der Waals surface area contributed by atoms with Gasteiger partial charge in [0, 0.05) is 29.6 Å². The predicted molar refractivity (Wildman–Crippen MR) is 121 cm³/mol. The number of hydrogen-bond donors (Lipinski definition) is 1. The van der Waals surface area contributed by atoms with Crippen LogP contribution in [0.2, 0.25) is 0 Å². The highest BCUT2D eigenvalue weighted by Crippen LogP contribution is 2.12. The number of methoxy groups -OCH3 is 1. The number of Topliss-reactive ketones (excluding diaryl/α,β-unsaturated/α-hetero) is 1. The van der Waals surface area contributed by atoms with Crippen molar-refractivity contribution in [2.24, 2.45) is 0 Å². The minimum absolute atomic E-state index is 0.114. The number of benzene rings is 2. The molecule has 2 amide bonds. The second kappa shape index (κ2) is 11.2. The molecule has 0 aliphatic carbocycles. The second-order valence-electron chi connectivity index (χ2n) is 8.05. The van der Waals surface area contributed by atoms with Crippen LogP contribution in [0.5, 0.6) is 0 Å². The topological polar surface area (TPSA) is 92.8 Å². The van der Waals surface area contributed by atoms with Crippen LogP contribution >= 0.6 is 0 Å². The van der Waals surface area contributed by atoms with Crippen LogP contribution in [0.15, 0.2) is 54.6 Å². The molecule has 7 nitrogen and oxygen atoms in total. The standard InChI is InChI=1S/C25H30N2O5/c1-16(2)27(17(3)4)24(30)22(28)19-11-13-20(14-12-19)23(29)26-21(25(31)32-5)15-18-9-7-6-8-10-18/h6-14,16-17,21H,15H2,1-5H3,(H,26,29)/t21-/m0/s1. The van der Waals surface area contributed by atoms with Crippen molar-refractivity contribution in [1.29, 1.82) is 0 Å². The predicted octanol–water partition coefficient (Wildman–Crippen LogP) is 3.03. The van der Waals surface area contributed by atoms with Gasteiger partial charge in [-0.2, -0.15) is 0 Å². The molecule has 0 radical (unpaired) electrons. The summed E-state index contributed by atoms with van der Waals surface area (Å²) >= 11 is 0. The number of ketones is 1. The van der Waals surface area contributed by atoms with Crippen LogP contribution in [-0.4, -0.2) is 53.7 Å². The summed E-state index contributed by atoms with van der Waals surface area (Å²) in [5, 5.41) is 2.68. The molecule has 1 N–H and O–H groups in total. The molecule has 0 aliphatic rings. The van der Waals surface area contributed by atoms with E-state index >= 15 is 0 Å². The van der Waals surface area contributed by atoms with E-state index in [0.29, 0.717) is 0 Å². The number of hydrogen-bond acceptors (Lipinski definition) is 5. The highest BCUT2D eigenvalue weighted by Gasteiger charge is 2.28. The van der Waals surface area contributed by atoms with E-state index in [2.05, 4.69) is 5.32 Å². The van der Waals surface area contributed by atoms with E-state index in [0.717, 1.165) is 5.56 Å². The monoisotopic (exact) mass is 438 g/mol. The zero-order valence-electron chi connectivity index (χ0n) is 19.1. The Morgan fingerprint density at radius 2 is 1.38 bits per heavy atom. The second-order valence-corrected chi connectivity index (χ2v) is 8.05. The smallest absolute Gasteiger partial charge is 0.328 e. The van der Waals surface area contributed by atoms with Gasteiger partial charge in [0.05, 0.1) is 7.11 Å². The first-order valence-electron chi connectivity index (χ1n) is 10.5. The number of esters is 1. The minimum Gasteiger partial charge on any atom is -0.467 e. The molecule has 7 heteroatoms. The SMILES string of the molecule is COC(=O)[C@H](Cc1ccccc1)NC(=O)c1ccc(C(=O)C(=O)N(C(C)C)C(C)C)cc1. The largest absolute Gasteiger partial charge is 0.467 e. The summed E-state index contributed by atoms with van der Waals surface area (Å²) in [6, 6.07) is 14.0. The van der Waals surface area contributed by atoms with Gasteiger partial charge < -0.3 is 15.0 Å². The van der Waals surface area contributed by atoms with E-state index in [1.165, 1.54) is 36.3 Å². The summed E-state index contributed by atoms with van der Waals surface area (Å²) in [5.41, 5.74) is 1.34. The lowest BCUT2D eigenvalue weighted by Crippen LogP contribution is -2.45. The number of carbonyl (C=O) groups is 4. The average molecular weight is 439 g/mol. The van der Waals surface area contributed by atoms with Crippen molar-refractivity contribution in [1.82, 2.24) is 10.2 Å². The van der Waals surface area contributed by atoms with Gasteiger partial charge in [0.2, 0.25) is 5.78 Å². The normalized spacial score (nSPS) is 11.7. The fourth-order valence-electron chi connectivity index (χ4n) is 3.51. The Labute approximate surface area is 188 Å². The molecule has 0 heterocycles. The van der Waals surface area contributed by atoms with Crippen LogP contribution in [0, 0.1) is 0 Å². The Balaban J connectivity index is 2.13. The molecular formula is C25H30N2O5. The van der Waals surface area contributed by atoms with Gasteiger partial charge in [-0.15, -0.1) is 0 Å². The zero-order chi connectivity index (χ0) is 23.8. The molecule has 0 bridgehead atoms. The van der Waals surface area contributed by atoms with Gasteiger partial charge in [0.25, 0.3) is 11.8 Å². The van der Waals surface area contributed by atoms with Gasteiger partial charge >= 0.3 is 5.97 Å². The number of carbonyl (C=O) groups excluding carboxylic acids is 4. The minimum atomic E-state index is -0.858. The Morgan fingerprint density at radius 1 is 0.844 bits per heavy atom. The molecule has 1 atom stereocenters. The van der Waals surface area contributed by atoms with Gasteiger partial charge in [-0.3, -0.25) is 14.4 Å². The van der Waals surface area contributed by atoms with Gasteiger partial charge in [0.15, 0.2) is 0 Å². The number of ether oxygens (including phenoxy) is 1. The van der Waals surface area contributed by atoms with Gasteiger partial charge in [-0.05, 0) is 45.4 Å². The third-order valence-corrected chi connectivity index (χ3v) is 5.02. The molecule has 0 aromatic heterocycles. The molecule has 0 spiro atoms. The molecule has 170 valence electrons. The first-order valence-corrected chi connectivity index (χ1v) is 10.5. The number of rotatable bonds is 9. The lowest BCUT2D eigenvalue weighted by molar-refractivity contribution is -0.142. The van der Waals surface area contributed by atoms with Gasteiger partial charge in [0.1, 0.15) is 6.04 Å². The molecule has 2 aromatic carbocycles. The molecule has 32 heavy (non-hydrogen) atoms. The maximum atomic E-state index is 12.7. The lowest BCUT2D eigenvalue weighted by Gasteiger charge is -2.30. The molecular weight excluding hydrogens is 408 g/mol. The fourth-order valence-corrected chi connectivity index (χ4v) is 3.51. The molecule has 0 saturated carbocycles. The van der Waals surface area contributed by atoms with Crippen molar-refractivity contribution in [3.05, 3.63) is 71.3 Å². The van der Waals surface area contributed by atoms with E-state index in [1.807, 2.05) is 58.0 Å². The molecule has 2 rings (SSSR count). The van der Waals surface area contributed by atoms with Crippen molar-refractivity contribution in [2.45, 2.75) is 52.2 Å². The highest BCUT2D eigenvalue weighted by molar-refractivity contribution is 6.42. The summed E-state index contributed by atoms with van der Waals surface area (Å²) in [6.45, 7) is 7.41.